The van der Waals surface area contributed by atoms with Gasteiger partial charge in [-0.05, 0) is 44.8 Å². The molecule has 1 rings (SSSR count). The summed E-state index contributed by atoms with van der Waals surface area (Å²) in [5, 5.41) is 7.10. The Morgan fingerprint density at radius 1 is 1.46 bits per heavy atom. The number of hydrogen-bond acceptors (Lipinski definition) is 2. The lowest BCUT2D eigenvalue weighted by Gasteiger charge is -2.29. The van der Waals surface area contributed by atoms with Crippen molar-refractivity contribution in [3.8, 4) is 0 Å². The van der Waals surface area contributed by atoms with Crippen LogP contribution in [0.2, 0.25) is 0 Å². The van der Waals surface area contributed by atoms with Crippen molar-refractivity contribution in [2.45, 2.75) is 45.6 Å². The lowest BCUT2D eigenvalue weighted by Crippen LogP contribution is -2.42. The first-order valence-corrected chi connectivity index (χ1v) is 5.78. The highest BCUT2D eigenvalue weighted by atomic mass is 14.9. The Labute approximate surface area is 82.5 Å². The summed E-state index contributed by atoms with van der Waals surface area (Å²) in [6.45, 7) is 8.13. The molecule has 0 amide bonds. The molecule has 0 saturated carbocycles. The molecule has 1 aliphatic rings. The van der Waals surface area contributed by atoms with Gasteiger partial charge in [-0.2, -0.15) is 0 Å². The summed E-state index contributed by atoms with van der Waals surface area (Å²) in [5.74, 6) is 0.784. The molecule has 0 aromatic rings. The summed E-state index contributed by atoms with van der Waals surface area (Å²) in [6, 6.07) is 0.762. The minimum Gasteiger partial charge on any atom is -0.316 e. The second-order valence-corrected chi connectivity index (χ2v) is 4.24. The van der Waals surface area contributed by atoms with Crippen LogP contribution in [0.4, 0.5) is 0 Å². The first kappa shape index (κ1) is 11.0. The van der Waals surface area contributed by atoms with Crippen LogP contribution in [-0.4, -0.2) is 25.7 Å². The maximum atomic E-state index is 3.61. The van der Waals surface area contributed by atoms with Crippen molar-refractivity contribution in [2.24, 2.45) is 5.92 Å². The molecule has 0 spiro atoms. The van der Waals surface area contributed by atoms with Crippen molar-refractivity contribution in [2.75, 3.05) is 19.6 Å². The molecule has 2 heteroatoms. The fourth-order valence-electron chi connectivity index (χ4n) is 2.01. The van der Waals surface area contributed by atoms with Gasteiger partial charge in [0.2, 0.25) is 0 Å². The van der Waals surface area contributed by atoms with Crippen LogP contribution in [0.5, 0.6) is 0 Å². The predicted octanol–water partition coefficient (Wildman–Crippen LogP) is 1.76. The second kappa shape index (κ2) is 6.39. The Balaban J connectivity index is 2.09. The topological polar surface area (TPSA) is 24.1 Å². The van der Waals surface area contributed by atoms with Gasteiger partial charge in [-0.3, -0.25) is 0 Å². The van der Waals surface area contributed by atoms with Crippen molar-refractivity contribution in [1.82, 2.24) is 10.6 Å². The normalized spacial score (nSPS) is 25.8. The van der Waals surface area contributed by atoms with Crippen molar-refractivity contribution in [3.05, 3.63) is 0 Å². The summed E-state index contributed by atoms with van der Waals surface area (Å²) >= 11 is 0. The molecule has 1 fully saturated rings. The minimum atomic E-state index is 0.762. The fourth-order valence-corrected chi connectivity index (χ4v) is 2.01. The standard InChI is InChI=1S/C11H24N2/c1-3-7-12-9-10(2)11-6-4-5-8-13-11/h10-13H,3-9H2,1-2H3/t10-,11+/m0/s1. The van der Waals surface area contributed by atoms with E-state index in [4.69, 9.17) is 0 Å². The predicted molar refractivity (Wildman–Crippen MR) is 58.0 cm³/mol. The van der Waals surface area contributed by atoms with Crippen LogP contribution in [0.15, 0.2) is 0 Å². The van der Waals surface area contributed by atoms with E-state index in [-0.39, 0.29) is 0 Å². The maximum absolute atomic E-state index is 3.61. The lowest BCUT2D eigenvalue weighted by atomic mass is 9.93. The molecular formula is C11H24N2. The van der Waals surface area contributed by atoms with Crippen LogP contribution in [0.1, 0.15) is 39.5 Å². The number of nitrogens with one attached hydrogen (secondary N) is 2. The Morgan fingerprint density at radius 3 is 2.92 bits per heavy atom. The van der Waals surface area contributed by atoms with Gasteiger partial charge in [0, 0.05) is 6.04 Å². The monoisotopic (exact) mass is 184 g/mol. The third-order valence-electron chi connectivity index (χ3n) is 2.93. The fraction of sp³-hybridized carbons (Fsp3) is 1.00. The van der Waals surface area contributed by atoms with Gasteiger partial charge in [-0.1, -0.05) is 20.3 Å². The number of rotatable bonds is 5. The van der Waals surface area contributed by atoms with Crippen LogP contribution in [-0.2, 0) is 0 Å². The van der Waals surface area contributed by atoms with E-state index >= 15 is 0 Å². The molecule has 0 unspecified atom stereocenters. The van der Waals surface area contributed by atoms with E-state index < -0.39 is 0 Å². The van der Waals surface area contributed by atoms with Gasteiger partial charge >= 0.3 is 0 Å². The lowest BCUT2D eigenvalue weighted by molar-refractivity contribution is 0.302. The van der Waals surface area contributed by atoms with Gasteiger partial charge < -0.3 is 10.6 Å². The summed E-state index contributed by atoms with van der Waals surface area (Å²) in [4.78, 5) is 0. The molecule has 1 aliphatic heterocycles. The molecule has 2 N–H and O–H groups in total. The van der Waals surface area contributed by atoms with E-state index in [0.29, 0.717) is 0 Å². The maximum Gasteiger partial charge on any atom is 0.0105 e. The van der Waals surface area contributed by atoms with Crippen molar-refractivity contribution in [1.29, 1.82) is 0 Å². The average molecular weight is 184 g/mol. The molecule has 2 atom stereocenters. The quantitative estimate of drug-likeness (QED) is 0.636. The summed E-state index contributed by atoms with van der Waals surface area (Å²) in [6.07, 6.45) is 5.39. The zero-order valence-electron chi connectivity index (χ0n) is 9.10. The van der Waals surface area contributed by atoms with Gasteiger partial charge in [-0.25, -0.2) is 0 Å². The molecule has 1 heterocycles. The largest absolute Gasteiger partial charge is 0.316 e. The van der Waals surface area contributed by atoms with Crippen LogP contribution in [0, 0.1) is 5.92 Å². The van der Waals surface area contributed by atoms with Crippen LogP contribution >= 0.6 is 0 Å². The van der Waals surface area contributed by atoms with Gasteiger partial charge in [-0.15, -0.1) is 0 Å². The van der Waals surface area contributed by atoms with E-state index in [0.717, 1.165) is 18.5 Å². The Hall–Kier alpha value is -0.0800. The second-order valence-electron chi connectivity index (χ2n) is 4.24. The molecule has 0 bridgehead atoms. The van der Waals surface area contributed by atoms with Gasteiger partial charge in [0.05, 0.1) is 0 Å². The van der Waals surface area contributed by atoms with Crippen LogP contribution < -0.4 is 10.6 Å². The van der Waals surface area contributed by atoms with E-state index in [9.17, 15) is 0 Å². The highest BCUT2D eigenvalue weighted by Crippen LogP contribution is 2.14. The third-order valence-corrected chi connectivity index (χ3v) is 2.93. The summed E-state index contributed by atoms with van der Waals surface area (Å²) in [7, 11) is 0. The molecule has 0 aliphatic carbocycles. The Morgan fingerprint density at radius 2 is 2.31 bits per heavy atom. The van der Waals surface area contributed by atoms with Crippen molar-refractivity contribution >= 4 is 0 Å². The van der Waals surface area contributed by atoms with Crippen molar-refractivity contribution < 1.29 is 0 Å². The van der Waals surface area contributed by atoms with E-state index in [1.54, 1.807) is 0 Å². The third kappa shape index (κ3) is 4.10. The van der Waals surface area contributed by atoms with Gasteiger partial charge in [0.1, 0.15) is 0 Å². The van der Waals surface area contributed by atoms with Crippen LogP contribution in [0.25, 0.3) is 0 Å². The Bertz CT molecular complexity index is 119. The summed E-state index contributed by atoms with van der Waals surface area (Å²) < 4.78 is 0. The first-order valence-electron chi connectivity index (χ1n) is 5.78. The molecule has 1 saturated heterocycles. The molecule has 2 nitrogen and oxygen atoms in total. The highest BCUT2D eigenvalue weighted by Gasteiger charge is 2.18. The minimum absolute atomic E-state index is 0.762. The first-order chi connectivity index (χ1) is 6.34. The van der Waals surface area contributed by atoms with E-state index in [1.807, 2.05) is 0 Å². The van der Waals surface area contributed by atoms with E-state index in [1.165, 1.54) is 38.8 Å². The number of piperidine rings is 1. The molecule has 0 aromatic heterocycles. The smallest absolute Gasteiger partial charge is 0.0105 e. The molecule has 78 valence electrons. The molecule has 0 aromatic carbocycles. The zero-order chi connectivity index (χ0) is 9.52. The molecular weight excluding hydrogens is 160 g/mol. The van der Waals surface area contributed by atoms with Gasteiger partial charge in [0.15, 0.2) is 0 Å². The van der Waals surface area contributed by atoms with Crippen molar-refractivity contribution in [3.63, 3.8) is 0 Å². The van der Waals surface area contributed by atoms with Gasteiger partial charge in [0.25, 0.3) is 0 Å². The van der Waals surface area contributed by atoms with Crippen LogP contribution in [0.3, 0.4) is 0 Å². The number of hydrogen-bond donors (Lipinski definition) is 2. The molecule has 0 radical (unpaired) electrons. The average Bonchev–Trinajstić information content (AvgIpc) is 2.19. The molecule has 13 heavy (non-hydrogen) atoms. The zero-order valence-corrected chi connectivity index (χ0v) is 9.10. The Kier molecular flexibility index (Phi) is 5.40. The summed E-state index contributed by atoms with van der Waals surface area (Å²) in [5.41, 5.74) is 0. The highest BCUT2D eigenvalue weighted by molar-refractivity contribution is 4.78. The SMILES string of the molecule is CCCNC[C@H](C)[C@H]1CCCCN1. The van der Waals surface area contributed by atoms with E-state index in [2.05, 4.69) is 24.5 Å².